The second-order valence-corrected chi connectivity index (χ2v) is 9.01. The fourth-order valence-electron chi connectivity index (χ4n) is 3.77. The Morgan fingerprint density at radius 2 is 1.79 bits per heavy atom. The molecule has 0 bridgehead atoms. The second kappa shape index (κ2) is 9.32. The summed E-state index contributed by atoms with van der Waals surface area (Å²) in [7, 11) is 1.87. The third-order valence-electron chi connectivity index (χ3n) is 5.51. The number of aryl methyl sites for hydroxylation is 1. The van der Waals surface area contributed by atoms with Crippen LogP contribution in [-0.2, 0) is 13.6 Å². The maximum atomic E-state index is 13.8. The van der Waals surface area contributed by atoms with Crippen molar-refractivity contribution in [3.63, 3.8) is 0 Å². The molecule has 0 N–H and O–H groups in total. The van der Waals surface area contributed by atoms with Gasteiger partial charge in [0, 0.05) is 18.4 Å². The van der Waals surface area contributed by atoms with E-state index in [2.05, 4.69) is 20.3 Å². The van der Waals surface area contributed by atoms with Gasteiger partial charge in [0.2, 0.25) is 0 Å². The first-order valence-electron chi connectivity index (χ1n) is 10.6. The molecule has 2 aromatic carbocycles. The zero-order valence-corrected chi connectivity index (χ0v) is 20.1. The Kier molecular flexibility index (Phi) is 6.08. The first-order chi connectivity index (χ1) is 16.6. The van der Waals surface area contributed by atoms with Gasteiger partial charge in [-0.3, -0.25) is 18.7 Å². The van der Waals surface area contributed by atoms with Gasteiger partial charge in [0.05, 0.1) is 22.9 Å². The van der Waals surface area contributed by atoms with Crippen LogP contribution >= 0.6 is 23.4 Å². The second-order valence-electron chi connectivity index (χ2n) is 7.54. The van der Waals surface area contributed by atoms with Crippen LogP contribution in [0, 0.1) is 6.92 Å². The van der Waals surface area contributed by atoms with Gasteiger partial charge in [0.25, 0.3) is 5.56 Å². The zero-order chi connectivity index (χ0) is 23.7. The van der Waals surface area contributed by atoms with Crippen LogP contribution in [0.2, 0.25) is 5.02 Å². The number of aromatic nitrogens is 8. The van der Waals surface area contributed by atoms with Gasteiger partial charge in [0.1, 0.15) is 18.3 Å². The Balaban J connectivity index is 1.66. The summed E-state index contributed by atoms with van der Waals surface area (Å²) in [5.41, 5.74) is 2.57. The molecule has 0 aliphatic carbocycles. The summed E-state index contributed by atoms with van der Waals surface area (Å²) < 4.78 is 7.04. The van der Waals surface area contributed by atoms with Gasteiger partial charge in [-0.1, -0.05) is 53.7 Å². The molecular formula is C23H21ClN8OS. The zero-order valence-electron chi connectivity index (χ0n) is 18.5. The molecule has 5 rings (SSSR count). The molecule has 0 amide bonds. The van der Waals surface area contributed by atoms with Crippen LogP contribution in [-0.4, -0.2) is 44.6 Å². The topological polar surface area (TPSA) is 88.4 Å². The number of hydrogen-bond donors (Lipinski definition) is 0. The minimum Gasteiger partial charge on any atom is -0.283 e. The minimum absolute atomic E-state index is 0.169. The highest BCUT2D eigenvalue weighted by Crippen LogP contribution is 2.32. The van der Waals surface area contributed by atoms with E-state index >= 15 is 0 Å². The maximum absolute atomic E-state index is 13.8. The van der Waals surface area contributed by atoms with Crippen molar-refractivity contribution in [2.75, 3.05) is 5.75 Å². The van der Waals surface area contributed by atoms with E-state index in [1.54, 1.807) is 21.8 Å². The molecule has 0 radical (unpaired) electrons. The van der Waals surface area contributed by atoms with Crippen LogP contribution in [0.3, 0.4) is 0 Å². The number of benzene rings is 2. The SMILES string of the molecule is Cc1c(-n2c(SCCn3cncn3)nnc2-c2ccccc2Cl)c(=O)n(-c2ccccc2)n1C. The smallest absolute Gasteiger partial charge is 0.283 e. The van der Waals surface area contributed by atoms with Gasteiger partial charge in [-0.15, -0.1) is 10.2 Å². The predicted molar refractivity (Wildman–Crippen MR) is 132 cm³/mol. The van der Waals surface area contributed by atoms with Gasteiger partial charge in [0.15, 0.2) is 11.0 Å². The van der Waals surface area contributed by atoms with E-state index in [1.165, 1.54) is 18.1 Å². The fourth-order valence-corrected chi connectivity index (χ4v) is 4.86. The fraction of sp³-hybridized carbons (Fsp3) is 0.174. The number of thioether (sulfide) groups is 1. The summed E-state index contributed by atoms with van der Waals surface area (Å²) in [6.45, 7) is 2.55. The maximum Gasteiger partial charge on any atom is 0.296 e. The average molecular weight is 493 g/mol. The quantitative estimate of drug-likeness (QED) is 0.321. The van der Waals surface area contributed by atoms with Gasteiger partial charge >= 0.3 is 0 Å². The summed E-state index contributed by atoms with van der Waals surface area (Å²) >= 11 is 8.01. The van der Waals surface area contributed by atoms with E-state index < -0.39 is 0 Å². The van der Waals surface area contributed by atoms with E-state index in [1.807, 2.05) is 71.8 Å². The molecule has 3 heterocycles. The number of rotatable bonds is 7. The van der Waals surface area contributed by atoms with Gasteiger partial charge in [-0.2, -0.15) is 5.10 Å². The standard InChI is InChI=1S/C23H21ClN8OS/c1-16-20(22(33)32(29(16)2)17-8-4-3-5-9-17)31-21(18-10-6-7-11-19(18)24)27-28-23(31)34-13-12-30-15-25-14-26-30/h3-11,14-15H,12-13H2,1-2H3. The molecule has 0 atom stereocenters. The Morgan fingerprint density at radius 1 is 1.03 bits per heavy atom. The van der Waals surface area contributed by atoms with Crippen LogP contribution in [0.15, 0.2) is 77.2 Å². The first-order valence-corrected chi connectivity index (χ1v) is 11.9. The summed E-state index contributed by atoms with van der Waals surface area (Å²) in [6.07, 6.45) is 3.17. The lowest BCUT2D eigenvalue weighted by molar-refractivity contribution is 0.630. The minimum atomic E-state index is -0.169. The van der Waals surface area contributed by atoms with Crippen molar-refractivity contribution in [2.24, 2.45) is 7.05 Å². The van der Waals surface area contributed by atoms with E-state index in [0.717, 1.165) is 11.4 Å². The monoisotopic (exact) mass is 492 g/mol. The molecular weight excluding hydrogens is 472 g/mol. The normalized spacial score (nSPS) is 11.3. The van der Waals surface area contributed by atoms with E-state index in [4.69, 9.17) is 11.6 Å². The van der Waals surface area contributed by atoms with Crippen molar-refractivity contribution < 1.29 is 0 Å². The van der Waals surface area contributed by atoms with Crippen molar-refractivity contribution in [3.8, 4) is 22.8 Å². The number of nitrogens with zero attached hydrogens (tertiary/aromatic N) is 8. The Bertz CT molecular complexity index is 1490. The number of hydrogen-bond acceptors (Lipinski definition) is 6. The van der Waals surface area contributed by atoms with E-state index in [9.17, 15) is 4.79 Å². The summed E-state index contributed by atoms with van der Waals surface area (Å²) in [6, 6.07) is 17.0. The lowest BCUT2D eigenvalue weighted by atomic mass is 10.2. The number of para-hydroxylation sites is 1. The highest BCUT2D eigenvalue weighted by molar-refractivity contribution is 7.99. The summed E-state index contributed by atoms with van der Waals surface area (Å²) in [5, 5.41) is 14.2. The molecule has 172 valence electrons. The molecule has 9 nitrogen and oxygen atoms in total. The van der Waals surface area contributed by atoms with Crippen LogP contribution < -0.4 is 5.56 Å². The lowest BCUT2D eigenvalue weighted by Crippen LogP contribution is -2.22. The van der Waals surface area contributed by atoms with Crippen LogP contribution in [0.25, 0.3) is 22.8 Å². The molecule has 11 heteroatoms. The third-order valence-corrected chi connectivity index (χ3v) is 6.75. The molecule has 5 aromatic rings. The summed E-state index contributed by atoms with van der Waals surface area (Å²) in [5.74, 6) is 1.18. The third kappa shape index (κ3) is 3.95. The molecule has 0 aliphatic heterocycles. The first kappa shape index (κ1) is 22.2. The van der Waals surface area contributed by atoms with Crippen LogP contribution in [0.4, 0.5) is 0 Å². The molecule has 0 aliphatic rings. The highest BCUT2D eigenvalue weighted by atomic mass is 35.5. The Labute approximate surface area is 204 Å². The highest BCUT2D eigenvalue weighted by Gasteiger charge is 2.25. The van der Waals surface area contributed by atoms with Crippen molar-refractivity contribution >= 4 is 23.4 Å². The van der Waals surface area contributed by atoms with E-state index in [0.29, 0.717) is 39.6 Å². The molecule has 0 fully saturated rings. The van der Waals surface area contributed by atoms with Crippen LogP contribution in [0.1, 0.15) is 5.69 Å². The van der Waals surface area contributed by atoms with Crippen molar-refractivity contribution in [2.45, 2.75) is 18.6 Å². The summed E-state index contributed by atoms with van der Waals surface area (Å²) in [4.78, 5) is 17.8. The molecule has 0 spiro atoms. The van der Waals surface area contributed by atoms with E-state index in [-0.39, 0.29) is 5.56 Å². The Morgan fingerprint density at radius 3 is 2.53 bits per heavy atom. The number of halogens is 1. The molecule has 34 heavy (non-hydrogen) atoms. The average Bonchev–Trinajstić information content (AvgIpc) is 3.55. The largest absolute Gasteiger partial charge is 0.296 e. The van der Waals surface area contributed by atoms with Gasteiger partial charge in [-0.05, 0) is 31.2 Å². The molecule has 0 saturated heterocycles. The lowest BCUT2D eigenvalue weighted by Gasteiger charge is -2.10. The van der Waals surface area contributed by atoms with Crippen LogP contribution in [0.5, 0.6) is 0 Å². The van der Waals surface area contributed by atoms with Crippen molar-refractivity contribution in [3.05, 3.63) is 88.3 Å². The Hall–Kier alpha value is -3.63. The van der Waals surface area contributed by atoms with Gasteiger partial charge < -0.3 is 0 Å². The van der Waals surface area contributed by atoms with Crippen molar-refractivity contribution in [1.82, 2.24) is 38.9 Å². The molecule has 0 saturated carbocycles. The van der Waals surface area contributed by atoms with Crippen molar-refractivity contribution in [1.29, 1.82) is 0 Å². The molecule has 3 aromatic heterocycles. The predicted octanol–water partition coefficient (Wildman–Crippen LogP) is 3.77. The van der Waals surface area contributed by atoms with Gasteiger partial charge in [-0.25, -0.2) is 9.67 Å². The molecule has 0 unspecified atom stereocenters.